The van der Waals surface area contributed by atoms with Crippen LogP contribution in [-0.2, 0) is 9.47 Å². The predicted octanol–water partition coefficient (Wildman–Crippen LogP) is 2.30. The van der Waals surface area contributed by atoms with E-state index in [0.717, 1.165) is 0 Å². The van der Waals surface area contributed by atoms with Gasteiger partial charge in [-0.15, -0.1) is 0 Å². The molecule has 0 aromatic rings. The molecule has 0 aromatic carbocycles. The van der Waals surface area contributed by atoms with Crippen molar-refractivity contribution in [1.29, 1.82) is 0 Å². The van der Waals surface area contributed by atoms with Gasteiger partial charge in [-0.1, -0.05) is 12.2 Å². The zero-order valence-electron chi connectivity index (χ0n) is 9.04. The lowest BCUT2D eigenvalue weighted by Gasteiger charge is -2.15. The fraction of sp³-hybridized carbons (Fsp3) is 0.455. The lowest BCUT2D eigenvalue weighted by Crippen LogP contribution is -2.17. The number of halogens is 3. The fourth-order valence-electron chi connectivity index (χ4n) is 1.16. The lowest BCUT2D eigenvalue weighted by molar-refractivity contribution is -0.165. The molecule has 0 heterocycles. The highest BCUT2D eigenvalue weighted by Gasteiger charge is 2.29. The number of aliphatic hydroxyl groups is 1. The molecule has 0 atom stereocenters. The van der Waals surface area contributed by atoms with Gasteiger partial charge in [-0.2, -0.15) is 13.2 Å². The number of alkyl halides is 3. The first-order valence-electron chi connectivity index (χ1n) is 5.03. The van der Waals surface area contributed by atoms with Crippen molar-refractivity contribution in [3.8, 4) is 0 Å². The molecule has 1 N–H and O–H groups in total. The summed E-state index contributed by atoms with van der Waals surface area (Å²) in [5.74, 6) is 0.234. The van der Waals surface area contributed by atoms with Crippen molar-refractivity contribution in [2.45, 2.75) is 12.6 Å². The largest absolute Gasteiger partial charge is 0.487 e. The van der Waals surface area contributed by atoms with E-state index in [1.165, 1.54) is 12.2 Å². The molecule has 96 valence electrons. The molecule has 0 aliphatic heterocycles. The van der Waals surface area contributed by atoms with Gasteiger partial charge in [0.1, 0.15) is 6.61 Å². The van der Waals surface area contributed by atoms with Gasteiger partial charge in [0.05, 0.1) is 6.61 Å². The molecule has 0 saturated carbocycles. The molecule has 0 aromatic heterocycles. The van der Waals surface area contributed by atoms with E-state index >= 15 is 0 Å². The highest BCUT2D eigenvalue weighted by molar-refractivity contribution is 5.28. The molecule has 0 amide bonds. The Balaban J connectivity index is 2.63. The van der Waals surface area contributed by atoms with E-state index in [2.05, 4.69) is 4.74 Å². The van der Waals surface area contributed by atoms with Crippen molar-refractivity contribution in [1.82, 2.24) is 0 Å². The minimum Gasteiger partial charge on any atom is -0.487 e. The molecule has 17 heavy (non-hydrogen) atoms. The minimum atomic E-state index is -4.39. The molecule has 0 fully saturated rings. The standard InChI is InChI=1S/C11H13F3O3/c12-11(13,14)8-17-10-5-3-1-2-4-9(10)16-7-6-15/h1-2,4-5,15H,3,6-8H2. The van der Waals surface area contributed by atoms with Crippen molar-refractivity contribution in [2.24, 2.45) is 0 Å². The van der Waals surface area contributed by atoms with Crippen LogP contribution in [-0.4, -0.2) is 31.1 Å². The molecule has 0 saturated heterocycles. The molecule has 0 unspecified atom stereocenters. The monoisotopic (exact) mass is 250 g/mol. The van der Waals surface area contributed by atoms with Crippen LogP contribution >= 0.6 is 0 Å². The first-order valence-corrected chi connectivity index (χ1v) is 5.03. The zero-order chi connectivity index (χ0) is 12.7. The summed E-state index contributed by atoms with van der Waals surface area (Å²) in [6, 6.07) is 0. The van der Waals surface area contributed by atoms with E-state index < -0.39 is 12.8 Å². The topological polar surface area (TPSA) is 38.7 Å². The number of hydrogen-bond donors (Lipinski definition) is 1. The van der Waals surface area contributed by atoms with Gasteiger partial charge in [-0.25, -0.2) is 0 Å². The summed E-state index contributed by atoms with van der Waals surface area (Å²) in [6.45, 7) is -1.57. The summed E-state index contributed by atoms with van der Waals surface area (Å²) >= 11 is 0. The molecule has 1 rings (SSSR count). The Morgan fingerprint density at radius 3 is 2.65 bits per heavy atom. The molecular weight excluding hydrogens is 237 g/mol. The highest BCUT2D eigenvalue weighted by atomic mass is 19.4. The van der Waals surface area contributed by atoms with Crippen LogP contribution in [0.5, 0.6) is 0 Å². The summed E-state index contributed by atoms with van der Waals surface area (Å²) < 4.78 is 45.8. The van der Waals surface area contributed by atoms with Crippen LogP contribution in [0.3, 0.4) is 0 Å². The number of ether oxygens (including phenoxy) is 2. The maximum absolute atomic E-state index is 12.0. The molecule has 3 nitrogen and oxygen atoms in total. The van der Waals surface area contributed by atoms with E-state index in [1.807, 2.05) is 0 Å². The highest BCUT2D eigenvalue weighted by Crippen LogP contribution is 2.22. The summed E-state index contributed by atoms with van der Waals surface area (Å²) in [5.41, 5.74) is 0. The van der Waals surface area contributed by atoms with Gasteiger partial charge in [0.15, 0.2) is 18.1 Å². The van der Waals surface area contributed by atoms with Gasteiger partial charge >= 0.3 is 6.18 Å². The maximum Gasteiger partial charge on any atom is 0.422 e. The smallest absolute Gasteiger partial charge is 0.422 e. The molecule has 0 spiro atoms. The Morgan fingerprint density at radius 2 is 2.00 bits per heavy atom. The van der Waals surface area contributed by atoms with Crippen LogP contribution in [0.1, 0.15) is 6.42 Å². The van der Waals surface area contributed by atoms with Crippen molar-refractivity contribution in [2.75, 3.05) is 19.8 Å². The predicted molar refractivity (Wildman–Crippen MR) is 55.0 cm³/mol. The Bertz CT molecular complexity index is 329. The molecule has 0 radical (unpaired) electrons. The van der Waals surface area contributed by atoms with Crippen LogP contribution in [0.25, 0.3) is 0 Å². The number of aliphatic hydroxyl groups excluding tert-OH is 1. The third-order valence-corrected chi connectivity index (χ3v) is 1.81. The van der Waals surface area contributed by atoms with Gasteiger partial charge in [0.25, 0.3) is 0 Å². The lowest BCUT2D eigenvalue weighted by atomic mass is 10.3. The van der Waals surface area contributed by atoms with Gasteiger partial charge in [0.2, 0.25) is 0 Å². The normalized spacial score (nSPS) is 16.0. The van der Waals surface area contributed by atoms with E-state index in [-0.39, 0.29) is 24.7 Å². The van der Waals surface area contributed by atoms with Gasteiger partial charge in [0, 0.05) is 0 Å². The second kappa shape index (κ2) is 6.34. The quantitative estimate of drug-likeness (QED) is 0.813. The van der Waals surface area contributed by atoms with Crippen molar-refractivity contribution >= 4 is 0 Å². The van der Waals surface area contributed by atoms with Crippen LogP contribution < -0.4 is 0 Å². The van der Waals surface area contributed by atoms with Crippen LogP contribution in [0.2, 0.25) is 0 Å². The Kier molecular flexibility index (Phi) is 5.09. The second-order valence-corrected chi connectivity index (χ2v) is 3.24. The summed E-state index contributed by atoms with van der Waals surface area (Å²) in [5, 5.41) is 8.60. The van der Waals surface area contributed by atoms with Crippen molar-refractivity contribution < 1.29 is 27.8 Å². The summed E-state index contributed by atoms with van der Waals surface area (Å²) in [6.07, 6.45) is 2.50. The molecule has 1 aliphatic rings. The third-order valence-electron chi connectivity index (χ3n) is 1.81. The average Bonchev–Trinajstić information content (AvgIpc) is 2.47. The van der Waals surface area contributed by atoms with Gasteiger partial charge in [-0.3, -0.25) is 0 Å². The van der Waals surface area contributed by atoms with Gasteiger partial charge < -0.3 is 14.6 Å². The number of hydrogen-bond acceptors (Lipinski definition) is 3. The summed E-state index contributed by atoms with van der Waals surface area (Å²) in [7, 11) is 0. The molecule has 6 heteroatoms. The van der Waals surface area contributed by atoms with Crippen molar-refractivity contribution in [3.63, 3.8) is 0 Å². The third kappa shape index (κ3) is 5.44. The van der Waals surface area contributed by atoms with Crippen LogP contribution in [0, 0.1) is 0 Å². The summed E-state index contributed by atoms with van der Waals surface area (Å²) in [4.78, 5) is 0. The number of allylic oxidation sites excluding steroid dienone is 4. The number of rotatable bonds is 5. The minimum absolute atomic E-state index is 0.00634. The Morgan fingerprint density at radius 1 is 1.24 bits per heavy atom. The zero-order valence-corrected chi connectivity index (χ0v) is 9.04. The Labute approximate surface area is 96.8 Å². The molecular formula is C11H13F3O3. The SMILES string of the molecule is OCCOC1=CC=CCC=C1OCC(F)(F)F. The average molecular weight is 250 g/mol. The Hall–Kier alpha value is -1.43. The molecule has 1 aliphatic carbocycles. The van der Waals surface area contributed by atoms with Crippen LogP contribution in [0.15, 0.2) is 35.8 Å². The van der Waals surface area contributed by atoms with E-state index in [9.17, 15) is 13.2 Å². The van der Waals surface area contributed by atoms with E-state index in [4.69, 9.17) is 9.84 Å². The van der Waals surface area contributed by atoms with E-state index in [0.29, 0.717) is 6.42 Å². The maximum atomic E-state index is 12.0. The van der Waals surface area contributed by atoms with Crippen molar-refractivity contribution in [3.05, 3.63) is 35.8 Å². The van der Waals surface area contributed by atoms with Crippen LogP contribution in [0.4, 0.5) is 13.2 Å². The molecule has 0 bridgehead atoms. The first kappa shape index (κ1) is 13.6. The second-order valence-electron chi connectivity index (χ2n) is 3.24. The first-order chi connectivity index (χ1) is 8.03. The van der Waals surface area contributed by atoms with E-state index in [1.54, 1.807) is 12.2 Å². The fourth-order valence-corrected chi connectivity index (χ4v) is 1.16. The van der Waals surface area contributed by atoms with Gasteiger partial charge in [-0.05, 0) is 18.6 Å².